The zero-order valence-corrected chi connectivity index (χ0v) is 36.1. The zero-order valence-electron chi connectivity index (χ0n) is 35.3. The first-order chi connectivity index (χ1) is 28.4. The minimum absolute atomic E-state index is 0.0371. The molecule has 336 valence electrons. The summed E-state index contributed by atoms with van der Waals surface area (Å²) in [5, 5.41) is 50.1. The summed E-state index contributed by atoms with van der Waals surface area (Å²) in [7, 11) is -5.14. The zero-order chi connectivity index (χ0) is 43.6. The molecule has 1 saturated carbocycles. The third-order valence-corrected chi connectivity index (χ3v) is 10.3. The Morgan fingerprint density at radius 3 is 1.66 bits per heavy atom. The van der Waals surface area contributed by atoms with E-state index in [-0.39, 0.29) is 12.8 Å². The molecule has 0 aromatic rings. The summed E-state index contributed by atoms with van der Waals surface area (Å²) in [5.74, 6) is -1.18. The van der Waals surface area contributed by atoms with Gasteiger partial charge >= 0.3 is 19.8 Å². The van der Waals surface area contributed by atoms with Gasteiger partial charge in [0.15, 0.2) is 6.10 Å². The number of aliphatic hydroxyl groups excluding tert-OH is 5. The monoisotopic (exact) mass is 852 g/mol. The number of phosphoric ester groups is 1. The van der Waals surface area contributed by atoms with E-state index >= 15 is 0 Å². The first kappa shape index (κ1) is 54.0. The molecule has 0 aromatic carbocycles. The molecule has 0 aliphatic heterocycles. The number of aliphatic hydroxyl groups is 5. The minimum Gasteiger partial charge on any atom is -0.462 e. The summed E-state index contributed by atoms with van der Waals surface area (Å²) >= 11 is 0. The van der Waals surface area contributed by atoms with Crippen molar-refractivity contribution in [3.63, 3.8) is 0 Å². The van der Waals surface area contributed by atoms with Gasteiger partial charge in [-0.2, -0.15) is 0 Å². The number of carbonyl (C=O) groups is 2. The summed E-state index contributed by atoms with van der Waals surface area (Å²) in [5.41, 5.74) is 0. The van der Waals surface area contributed by atoms with Crippen LogP contribution >= 0.6 is 7.82 Å². The Balaban J connectivity index is 2.56. The summed E-state index contributed by atoms with van der Waals surface area (Å²) in [6.07, 6.45) is 30.7. The van der Waals surface area contributed by atoms with Crippen LogP contribution in [0.5, 0.6) is 0 Å². The second-order valence-corrected chi connectivity index (χ2v) is 16.0. The van der Waals surface area contributed by atoms with E-state index in [4.69, 9.17) is 18.5 Å². The highest BCUT2D eigenvalue weighted by molar-refractivity contribution is 7.47. The highest BCUT2D eigenvalue weighted by atomic mass is 31.2. The molecule has 1 rings (SSSR count). The Labute approximate surface area is 352 Å². The van der Waals surface area contributed by atoms with E-state index in [1.807, 2.05) is 36.5 Å². The van der Waals surface area contributed by atoms with Gasteiger partial charge in [0.05, 0.1) is 6.61 Å². The Bertz CT molecular complexity index is 1360. The molecule has 0 amide bonds. The highest BCUT2D eigenvalue weighted by Gasteiger charge is 2.51. The smallest absolute Gasteiger partial charge is 0.462 e. The lowest BCUT2D eigenvalue weighted by atomic mass is 9.85. The van der Waals surface area contributed by atoms with Crippen LogP contribution in [-0.4, -0.2) is 98.3 Å². The van der Waals surface area contributed by atoms with Crippen LogP contribution in [0.3, 0.4) is 0 Å². The minimum atomic E-state index is -5.14. The van der Waals surface area contributed by atoms with Crippen molar-refractivity contribution in [2.24, 2.45) is 0 Å². The van der Waals surface area contributed by atoms with E-state index in [2.05, 4.69) is 62.5 Å². The Morgan fingerprint density at radius 2 is 1.03 bits per heavy atom. The predicted molar refractivity (Wildman–Crippen MR) is 230 cm³/mol. The fourth-order valence-corrected chi connectivity index (χ4v) is 6.80. The van der Waals surface area contributed by atoms with Crippen molar-refractivity contribution < 1.29 is 63.1 Å². The Hall–Kier alpha value is -2.97. The first-order valence-electron chi connectivity index (χ1n) is 21.4. The van der Waals surface area contributed by atoms with E-state index in [0.29, 0.717) is 19.3 Å². The molecule has 14 heteroatoms. The third-order valence-electron chi connectivity index (χ3n) is 9.32. The van der Waals surface area contributed by atoms with Crippen LogP contribution in [0.2, 0.25) is 0 Å². The van der Waals surface area contributed by atoms with E-state index in [1.54, 1.807) is 0 Å². The van der Waals surface area contributed by atoms with Crippen LogP contribution < -0.4 is 0 Å². The average molecular weight is 853 g/mol. The van der Waals surface area contributed by atoms with Crippen LogP contribution in [0.15, 0.2) is 85.1 Å². The van der Waals surface area contributed by atoms with E-state index < -0.39 is 75.7 Å². The van der Waals surface area contributed by atoms with Gasteiger partial charge in [0.25, 0.3) is 0 Å². The van der Waals surface area contributed by atoms with Gasteiger partial charge in [-0.05, 0) is 70.6 Å². The van der Waals surface area contributed by atoms with Gasteiger partial charge in [0, 0.05) is 12.8 Å². The maximum absolute atomic E-state index is 12.8. The standard InChI is InChI=1S/C45H73O13P/c1-3-5-7-9-11-13-15-17-19-21-23-25-27-29-31-33-38(46)55-35-37(36-56-59(53,54)58-45-43(51)41(49)40(48)42(50)44(45)52)57-39(47)34-32-30-28-26-24-22-20-18-16-14-12-10-8-6-4-2/h5,7,9,11-15,17-20,24,26,37,40-45,48-52H,3-4,6,8,10,16,21-23,25,27-36H2,1-2H3,(H,53,54)/b7-5+,11-9+,14-12+,15-13+,19-17+,20-18+,26-24+/t37-,40?,41-,42?,43?,44?,45?/m1/s1. The summed E-state index contributed by atoms with van der Waals surface area (Å²) in [6.45, 7) is 3.05. The molecule has 0 spiro atoms. The Morgan fingerprint density at radius 1 is 0.559 bits per heavy atom. The number of allylic oxidation sites excluding steroid dienone is 14. The fraction of sp³-hybridized carbons (Fsp3) is 0.644. The lowest BCUT2D eigenvalue weighted by Crippen LogP contribution is -2.64. The number of hydrogen-bond acceptors (Lipinski definition) is 12. The molecule has 6 unspecified atom stereocenters. The second kappa shape index (κ2) is 34.7. The molecule has 59 heavy (non-hydrogen) atoms. The number of esters is 2. The fourth-order valence-electron chi connectivity index (χ4n) is 5.83. The average Bonchev–Trinajstić information content (AvgIpc) is 3.21. The van der Waals surface area contributed by atoms with Crippen LogP contribution in [0.1, 0.15) is 129 Å². The summed E-state index contributed by atoms with van der Waals surface area (Å²) in [6, 6.07) is 0. The molecule has 1 aliphatic carbocycles. The lowest BCUT2D eigenvalue weighted by Gasteiger charge is -2.41. The number of ether oxygens (including phenoxy) is 2. The van der Waals surface area contributed by atoms with Crippen LogP contribution in [0.25, 0.3) is 0 Å². The molecule has 0 heterocycles. The van der Waals surface area contributed by atoms with Crippen molar-refractivity contribution in [2.45, 2.75) is 172 Å². The molecule has 1 aliphatic rings. The molecular weight excluding hydrogens is 779 g/mol. The van der Waals surface area contributed by atoms with Gasteiger partial charge < -0.3 is 39.9 Å². The van der Waals surface area contributed by atoms with Crippen LogP contribution in [-0.2, 0) is 32.7 Å². The number of hydrogen-bond donors (Lipinski definition) is 6. The van der Waals surface area contributed by atoms with Crippen molar-refractivity contribution in [3.8, 4) is 0 Å². The molecule has 8 atom stereocenters. The van der Waals surface area contributed by atoms with Crippen molar-refractivity contribution >= 4 is 19.8 Å². The molecule has 0 radical (unpaired) electrons. The van der Waals surface area contributed by atoms with Gasteiger partial charge in [0.2, 0.25) is 0 Å². The second-order valence-electron chi connectivity index (χ2n) is 14.6. The van der Waals surface area contributed by atoms with Crippen molar-refractivity contribution in [1.29, 1.82) is 0 Å². The van der Waals surface area contributed by atoms with Crippen LogP contribution in [0.4, 0.5) is 0 Å². The SMILES string of the molecule is CC/C=C/C=C/C=C/C=C/CCCCCCCC(=O)OC[C@H](COP(=O)(O)OC1C(O)C(O)C(O)[C@@H](O)C1O)OC(=O)CCCC/C=C/C/C=C/C/C=C/CCCCC. The normalized spacial score (nSPS) is 23.2. The van der Waals surface area contributed by atoms with Crippen molar-refractivity contribution in [3.05, 3.63) is 85.1 Å². The highest BCUT2D eigenvalue weighted by Crippen LogP contribution is 2.47. The quantitative estimate of drug-likeness (QED) is 0.0123. The number of carbonyl (C=O) groups excluding carboxylic acids is 2. The van der Waals surface area contributed by atoms with Gasteiger partial charge in [-0.3, -0.25) is 18.6 Å². The molecule has 0 aromatic heterocycles. The summed E-state index contributed by atoms with van der Waals surface area (Å²) < 4.78 is 33.4. The number of rotatable bonds is 33. The molecule has 0 bridgehead atoms. The largest absolute Gasteiger partial charge is 0.472 e. The van der Waals surface area contributed by atoms with Gasteiger partial charge in [0.1, 0.15) is 43.2 Å². The Kier molecular flexibility index (Phi) is 31.8. The molecule has 1 fully saturated rings. The topological polar surface area (TPSA) is 210 Å². The predicted octanol–water partition coefficient (Wildman–Crippen LogP) is 7.72. The molecular formula is C45H73O13P. The van der Waals surface area contributed by atoms with Crippen molar-refractivity contribution in [1.82, 2.24) is 0 Å². The van der Waals surface area contributed by atoms with Gasteiger partial charge in [-0.25, -0.2) is 4.57 Å². The summed E-state index contributed by atoms with van der Waals surface area (Å²) in [4.78, 5) is 35.6. The van der Waals surface area contributed by atoms with Gasteiger partial charge in [-0.15, -0.1) is 0 Å². The van der Waals surface area contributed by atoms with Crippen molar-refractivity contribution in [2.75, 3.05) is 13.2 Å². The van der Waals surface area contributed by atoms with Gasteiger partial charge in [-0.1, -0.05) is 131 Å². The third kappa shape index (κ3) is 27.5. The number of unbranched alkanes of at least 4 members (excludes halogenated alkanes) is 10. The molecule has 13 nitrogen and oxygen atoms in total. The molecule has 6 N–H and O–H groups in total. The van der Waals surface area contributed by atoms with Crippen LogP contribution in [0, 0.1) is 0 Å². The van der Waals surface area contributed by atoms with E-state index in [1.165, 1.54) is 19.3 Å². The number of phosphoric acid groups is 1. The maximum atomic E-state index is 12.8. The molecule has 0 saturated heterocycles. The first-order valence-corrected chi connectivity index (χ1v) is 22.9. The van der Waals surface area contributed by atoms with E-state index in [9.17, 15) is 44.6 Å². The van der Waals surface area contributed by atoms with E-state index in [0.717, 1.165) is 64.2 Å². The lowest BCUT2D eigenvalue weighted by molar-refractivity contribution is -0.220. The maximum Gasteiger partial charge on any atom is 0.472 e.